The summed E-state index contributed by atoms with van der Waals surface area (Å²) in [6, 6.07) is 14.3. The molecule has 0 radical (unpaired) electrons. The zero-order valence-electron chi connectivity index (χ0n) is 11.1. The number of carbonyl (C=O) groups is 1. The van der Waals surface area contributed by atoms with Gasteiger partial charge in [0.2, 0.25) is 0 Å². The molecule has 0 saturated heterocycles. The number of pyridine rings is 1. The third-order valence-corrected chi connectivity index (χ3v) is 3.37. The van der Waals surface area contributed by atoms with Gasteiger partial charge < -0.3 is 4.57 Å². The maximum Gasteiger partial charge on any atom is 0.258 e. The second-order valence-corrected chi connectivity index (χ2v) is 4.77. The number of fused-ring (bicyclic) bond motifs is 1. The highest BCUT2D eigenvalue weighted by atomic mass is 19.1. The van der Waals surface area contributed by atoms with Gasteiger partial charge in [0.05, 0.1) is 6.54 Å². The molecule has 0 aliphatic carbocycles. The lowest BCUT2D eigenvalue weighted by molar-refractivity contribution is 0.0971. The number of benzene rings is 2. The first-order valence-corrected chi connectivity index (χ1v) is 6.52. The Labute approximate surface area is 120 Å². The average Bonchev–Trinajstić information content (AvgIpc) is 2.51. The highest BCUT2D eigenvalue weighted by molar-refractivity contribution is 5.96. The van der Waals surface area contributed by atoms with E-state index in [0.717, 1.165) is 5.39 Å². The number of hydrogen-bond donors (Lipinski definition) is 0. The normalized spacial score (nSPS) is 10.7. The fraction of sp³-hybridized carbons (Fsp3) is 0.0588. The van der Waals surface area contributed by atoms with Crippen LogP contribution in [0, 0.1) is 5.82 Å². The molecule has 0 spiro atoms. The Balaban J connectivity index is 1.95. The lowest BCUT2D eigenvalue weighted by Gasteiger charge is -2.06. The van der Waals surface area contributed by atoms with Gasteiger partial charge in [-0.1, -0.05) is 18.2 Å². The summed E-state index contributed by atoms with van der Waals surface area (Å²) >= 11 is 0. The molecule has 3 aromatic rings. The van der Waals surface area contributed by atoms with Gasteiger partial charge in [0, 0.05) is 17.1 Å². The van der Waals surface area contributed by atoms with Crippen molar-refractivity contribution in [1.29, 1.82) is 0 Å². The molecule has 21 heavy (non-hydrogen) atoms. The van der Waals surface area contributed by atoms with Gasteiger partial charge in [-0.15, -0.1) is 0 Å². The minimum Gasteiger partial charge on any atom is -0.307 e. The molecule has 0 N–H and O–H groups in total. The van der Waals surface area contributed by atoms with E-state index in [9.17, 15) is 14.0 Å². The summed E-state index contributed by atoms with van der Waals surface area (Å²) in [5, 5.41) is 1.42. The highest BCUT2D eigenvalue weighted by Crippen LogP contribution is 2.09. The number of carbonyl (C=O) groups excluding carboxylic acids is 1. The van der Waals surface area contributed by atoms with Crippen LogP contribution in [-0.4, -0.2) is 10.4 Å². The summed E-state index contributed by atoms with van der Waals surface area (Å²) in [5.41, 5.74) is 0.181. The van der Waals surface area contributed by atoms with Crippen molar-refractivity contribution in [3.8, 4) is 0 Å². The van der Waals surface area contributed by atoms with Crippen LogP contribution in [0.3, 0.4) is 0 Å². The largest absolute Gasteiger partial charge is 0.307 e. The quantitative estimate of drug-likeness (QED) is 0.692. The van der Waals surface area contributed by atoms with Gasteiger partial charge in [-0.05, 0) is 41.8 Å². The van der Waals surface area contributed by atoms with Gasteiger partial charge in [-0.3, -0.25) is 9.59 Å². The lowest BCUT2D eigenvalue weighted by atomic mass is 10.1. The maximum absolute atomic E-state index is 12.8. The van der Waals surface area contributed by atoms with E-state index in [1.165, 1.54) is 28.8 Å². The number of rotatable bonds is 3. The second kappa shape index (κ2) is 5.32. The Hall–Kier alpha value is -2.75. The van der Waals surface area contributed by atoms with Crippen molar-refractivity contribution in [1.82, 2.24) is 4.57 Å². The van der Waals surface area contributed by atoms with Crippen LogP contribution in [0.5, 0.6) is 0 Å². The van der Waals surface area contributed by atoms with Gasteiger partial charge >= 0.3 is 0 Å². The number of halogens is 1. The molecule has 1 heterocycles. The van der Waals surface area contributed by atoms with Crippen LogP contribution in [0.25, 0.3) is 10.8 Å². The predicted octanol–water partition coefficient (Wildman–Crippen LogP) is 3.02. The zero-order valence-corrected chi connectivity index (χ0v) is 11.1. The van der Waals surface area contributed by atoms with E-state index in [2.05, 4.69) is 0 Å². The van der Waals surface area contributed by atoms with Crippen LogP contribution in [0.4, 0.5) is 4.39 Å². The average molecular weight is 281 g/mol. The molecular weight excluding hydrogens is 269 g/mol. The Kier molecular flexibility index (Phi) is 3.36. The fourth-order valence-electron chi connectivity index (χ4n) is 2.24. The molecule has 0 bridgehead atoms. The number of aromatic nitrogens is 1. The minimum atomic E-state index is -0.394. The summed E-state index contributed by atoms with van der Waals surface area (Å²) in [7, 11) is 0. The van der Waals surface area contributed by atoms with Crippen molar-refractivity contribution in [2.75, 3.05) is 0 Å². The Morgan fingerprint density at radius 1 is 1.00 bits per heavy atom. The van der Waals surface area contributed by atoms with Crippen LogP contribution < -0.4 is 5.56 Å². The molecule has 0 aliphatic heterocycles. The lowest BCUT2D eigenvalue weighted by Crippen LogP contribution is -2.23. The molecule has 2 aromatic carbocycles. The van der Waals surface area contributed by atoms with E-state index in [0.29, 0.717) is 10.9 Å². The van der Waals surface area contributed by atoms with E-state index in [1.54, 1.807) is 24.4 Å². The Bertz CT molecular complexity index is 866. The van der Waals surface area contributed by atoms with Crippen molar-refractivity contribution in [3.05, 3.63) is 82.5 Å². The third kappa shape index (κ3) is 2.60. The second-order valence-electron chi connectivity index (χ2n) is 4.77. The molecule has 3 nitrogen and oxygen atoms in total. The fourth-order valence-corrected chi connectivity index (χ4v) is 2.24. The molecule has 104 valence electrons. The minimum absolute atomic E-state index is 0.0602. The maximum atomic E-state index is 12.8. The molecule has 0 aliphatic rings. The Morgan fingerprint density at radius 3 is 2.48 bits per heavy atom. The van der Waals surface area contributed by atoms with E-state index in [4.69, 9.17) is 0 Å². The van der Waals surface area contributed by atoms with Crippen molar-refractivity contribution in [2.45, 2.75) is 6.54 Å². The topological polar surface area (TPSA) is 39.1 Å². The zero-order chi connectivity index (χ0) is 14.8. The van der Waals surface area contributed by atoms with Gasteiger partial charge in [-0.2, -0.15) is 0 Å². The van der Waals surface area contributed by atoms with Gasteiger partial charge in [-0.25, -0.2) is 4.39 Å². The van der Waals surface area contributed by atoms with Crippen molar-refractivity contribution in [2.24, 2.45) is 0 Å². The third-order valence-electron chi connectivity index (χ3n) is 3.37. The first kappa shape index (κ1) is 13.2. The van der Waals surface area contributed by atoms with Crippen LogP contribution >= 0.6 is 0 Å². The van der Waals surface area contributed by atoms with Crippen molar-refractivity contribution < 1.29 is 9.18 Å². The van der Waals surface area contributed by atoms with Gasteiger partial charge in [0.15, 0.2) is 5.78 Å². The van der Waals surface area contributed by atoms with Gasteiger partial charge in [0.25, 0.3) is 5.56 Å². The highest BCUT2D eigenvalue weighted by Gasteiger charge is 2.09. The molecule has 0 unspecified atom stereocenters. The van der Waals surface area contributed by atoms with E-state index < -0.39 is 5.82 Å². The number of ketones is 1. The number of Topliss-reactive ketones (excluding diaryl/α,β-unsaturated/α-hetero) is 1. The SMILES string of the molecule is O=C(Cn1ccc2ccccc2c1=O)c1ccc(F)cc1. The Morgan fingerprint density at radius 2 is 1.71 bits per heavy atom. The van der Waals surface area contributed by atoms with Crippen LogP contribution in [-0.2, 0) is 6.54 Å². The first-order valence-electron chi connectivity index (χ1n) is 6.52. The summed E-state index contributed by atoms with van der Waals surface area (Å²) in [6.45, 7) is -0.0602. The van der Waals surface area contributed by atoms with Crippen molar-refractivity contribution in [3.63, 3.8) is 0 Å². The predicted molar refractivity (Wildman–Crippen MR) is 78.9 cm³/mol. The molecule has 4 heteroatoms. The van der Waals surface area contributed by atoms with Crippen LogP contribution in [0.2, 0.25) is 0 Å². The van der Waals surface area contributed by atoms with Crippen LogP contribution in [0.1, 0.15) is 10.4 Å². The van der Waals surface area contributed by atoms with E-state index in [1.807, 2.05) is 12.1 Å². The van der Waals surface area contributed by atoms with Crippen molar-refractivity contribution >= 4 is 16.6 Å². The number of hydrogen-bond acceptors (Lipinski definition) is 2. The molecule has 3 rings (SSSR count). The van der Waals surface area contributed by atoms with E-state index in [-0.39, 0.29) is 17.9 Å². The first-order chi connectivity index (χ1) is 10.1. The van der Waals surface area contributed by atoms with E-state index >= 15 is 0 Å². The number of nitrogens with zero attached hydrogens (tertiary/aromatic N) is 1. The summed E-state index contributed by atoms with van der Waals surface area (Å²) in [4.78, 5) is 24.4. The molecule has 0 atom stereocenters. The standard InChI is InChI=1S/C17H12FNO2/c18-14-7-5-13(6-8-14)16(20)11-19-10-9-12-3-1-2-4-15(12)17(19)21/h1-10H,11H2. The summed E-state index contributed by atoms with van der Waals surface area (Å²) in [6.07, 6.45) is 1.60. The molecule has 0 saturated carbocycles. The summed E-state index contributed by atoms with van der Waals surface area (Å²) in [5.74, 6) is -0.623. The van der Waals surface area contributed by atoms with Crippen LogP contribution in [0.15, 0.2) is 65.6 Å². The molecule has 1 aromatic heterocycles. The summed E-state index contributed by atoms with van der Waals surface area (Å²) < 4.78 is 14.2. The molecule has 0 amide bonds. The molecular formula is C17H12FNO2. The monoisotopic (exact) mass is 281 g/mol. The molecule has 0 fully saturated rings. The smallest absolute Gasteiger partial charge is 0.258 e. The van der Waals surface area contributed by atoms with Gasteiger partial charge in [0.1, 0.15) is 5.82 Å².